The first-order valence-corrected chi connectivity index (χ1v) is 6.38. The third-order valence-corrected chi connectivity index (χ3v) is 3.52. The molecule has 0 spiro atoms. The van der Waals surface area contributed by atoms with Crippen LogP contribution in [0.5, 0.6) is 0 Å². The highest BCUT2D eigenvalue weighted by atomic mass is 35.5. The molecule has 2 unspecified atom stereocenters. The molecule has 1 aliphatic rings. The lowest BCUT2D eigenvalue weighted by Gasteiger charge is -2.25. The maximum Gasteiger partial charge on any atom is 0.331 e. The number of amides is 1. The maximum atomic E-state index is 11.9. The highest BCUT2D eigenvalue weighted by molar-refractivity contribution is 6.30. The number of carbonyl (C=O) groups is 2. The minimum atomic E-state index is -1.06. The first kappa shape index (κ1) is 13.8. The Morgan fingerprint density at radius 3 is 2.84 bits per heavy atom. The topological polar surface area (TPSA) is 83.6 Å². The number of hydrogen-bond acceptors (Lipinski definition) is 3. The van der Waals surface area contributed by atoms with Crippen LogP contribution >= 0.6 is 11.6 Å². The molecule has 0 bridgehead atoms. The quantitative estimate of drug-likeness (QED) is 0.871. The van der Waals surface area contributed by atoms with Gasteiger partial charge in [-0.2, -0.15) is 0 Å². The van der Waals surface area contributed by atoms with Gasteiger partial charge < -0.3 is 15.7 Å². The molecule has 1 aromatic carbocycles. The number of hydrogen-bond donors (Lipinski definition) is 2. The van der Waals surface area contributed by atoms with E-state index in [0.717, 1.165) is 0 Å². The summed E-state index contributed by atoms with van der Waals surface area (Å²) in [6, 6.07) is 5.58. The first-order valence-electron chi connectivity index (χ1n) is 6.00. The van der Waals surface area contributed by atoms with E-state index in [9.17, 15) is 14.7 Å². The molecule has 3 N–H and O–H groups in total. The van der Waals surface area contributed by atoms with E-state index in [1.807, 2.05) is 0 Å². The Hall–Kier alpha value is -1.59. The van der Waals surface area contributed by atoms with Crippen molar-refractivity contribution in [3.05, 3.63) is 34.9 Å². The molecule has 1 saturated heterocycles. The van der Waals surface area contributed by atoms with Crippen LogP contribution in [-0.2, 0) is 9.59 Å². The zero-order valence-electron chi connectivity index (χ0n) is 10.3. The van der Waals surface area contributed by atoms with Crippen LogP contribution in [0.4, 0.5) is 0 Å². The third-order valence-electron chi connectivity index (χ3n) is 3.28. The highest BCUT2D eigenvalue weighted by Gasteiger charge is 2.38. The van der Waals surface area contributed by atoms with Crippen molar-refractivity contribution < 1.29 is 14.7 Å². The smallest absolute Gasteiger partial charge is 0.331 e. The van der Waals surface area contributed by atoms with Gasteiger partial charge in [0.1, 0.15) is 0 Å². The molecular weight excluding hydrogens is 268 g/mol. The van der Waals surface area contributed by atoms with Crippen molar-refractivity contribution in [1.29, 1.82) is 0 Å². The van der Waals surface area contributed by atoms with Crippen molar-refractivity contribution in [2.75, 3.05) is 13.1 Å². The summed E-state index contributed by atoms with van der Waals surface area (Å²) in [7, 11) is 0. The van der Waals surface area contributed by atoms with Gasteiger partial charge in [-0.3, -0.25) is 4.79 Å². The number of halogens is 1. The molecule has 2 atom stereocenters. The molecule has 0 saturated carbocycles. The fourth-order valence-corrected chi connectivity index (χ4v) is 2.55. The SMILES string of the molecule is NCC1CC(=O)N(C(C(=O)O)c2cccc(Cl)c2)C1. The number of carboxylic acid groups (broad SMARTS) is 1. The molecular formula is C13H15ClN2O3. The van der Waals surface area contributed by atoms with E-state index in [1.54, 1.807) is 24.3 Å². The van der Waals surface area contributed by atoms with Crippen molar-refractivity contribution in [2.45, 2.75) is 12.5 Å². The van der Waals surface area contributed by atoms with E-state index in [-0.39, 0.29) is 11.8 Å². The average molecular weight is 283 g/mol. The van der Waals surface area contributed by atoms with Crippen molar-refractivity contribution in [1.82, 2.24) is 4.90 Å². The number of likely N-dealkylation sites (tertiary alicyclic amines) is 1. The van der Waals surface area contributed by atoms with E-state index in [4.69, 9.17) is 17.3 Å². The van der Waals surface area contributed by atoms with Gasteiger partial charge in [-0.1, -0.05) is 23.7 Å². The van der Waals surface area contributed by atoms with Gasteiger partial charge in [-0.25, -0.2) is 4.79 Å². The zero-order valence-corrected chi connectivity index (χ0v) is 11.0. The van der Waals surface area contributed by atoms with Gasteiger partial charge in [0, 0.05) is 18.0 Å². The molecule has 1 aromatic rings. The van der Waals surface area contributed by atoms with Gasteiger partial charge in [0.05, 0.1) is 0 Å². The Bertz CT molecular complexity index is 506. The predicted molar refractivity (Wildman–Crippen MR) is 70.7 cm³/mol. The molecule has 0 radical (unpaired) electrons. The minimum Gasteiger partial charge on any atom is -0.479 e. The van der Waals surface area contributed by atoms with Gasteiger partial charge in [0.2, 0.25) is 5.91 Å². The molecule has 1 aliphatic heterocycles. The number of aliphatic carboxylic acids is 1. The normalized spacial score (nSPS) is 20.6. The number of carboxylic acids is 1. The lowest BCUT2D eigenvalue weighted by Crippen LogP contribution is -2.35. The van der Waals surface area contributed by atoms with Crippen molar-refractivity contribution in [2.24, 2.45) is 11.7 Å². The second kappa shape index (κ2) is 5.59. The van der Waals surface area contributed by atoms with Crippen LogP contribution in [0.2, 0.25) is 5.02 Å². The van der Waals surface area contributed by atoms with Gasteiger partial charge in [-0.05, 0) is 30.2 Å². The monoisotopic (exact) mass is 282 g/mol. The van der Waals surface area contributed by atoms with Crippen molar-refractivity contribution in [3.63, 3.8) is 0 Å². The van der Waals surface area contributed by atoms with Gasteiger partial charge in [-0.15, -0.1) is 0 Å². The van der Waals surface area contributed by atoms with Crippen LogP contribution in [0.25, 0.3) is 0 Å². The number of nitrogens with two attached hydrogens (primary N) is 1. The fourth-order valence-electron chi connectivity index (χ4n) is 2.35. The predicted octanol–water partition coefficient (Wildman–Crippen LogP) is 1.27. The number of rotatable bonds is 4. The lowest BCUT2D eigenvalue weighted by molar-refractivity contribution is -0.148. The maximum absolute atomic E-state index is 11.9. The summed E-state index contributed by atoms with van der Waals surface area (Å²) in [5.74, 6) is -1.22. The fraction of sp³-hybridized carbons (Fsp3) is 0.385. The number of nitrogens with zero attached hydrogens (tertiary/aromatic N) is 1. The Balaban J connectivity index is 2.31. The third kappa shape index (κ3) is 2.88. The average Bonchev–Trinajstić information content (AvgIpc) is 2.71. The molecule has 5 nitrogen and oxygen atoms in total. The van der Waals surface area contributed by atoms with Crippen LogP contribution in [-0.4, -0.2) is 35.0 Å². The van der Waals surface area contributed by atoms with Gasteiger partial charge in [0.25, 0.3) is 0 Å². The molecule has 102 valence electrons. The molecule has 0 aliphatic carbocycles. The minimum absolute atomic E-state index is 0.0218. The second-order valence-corrected chi connectivity index (χ2v) is 5.08. The molecule has 1 heterocycles. The van der Waals surface area contributed by atoms with Crippen LogP contribution in [0.15, 0.2) is 24.3 Å². The molecule has 1 amide bonds. The highest BCUT2D eigenvalue weighted by Crippen LogP contribution is 2.29. The van der Waals surface area contributed by atoms with Crippen molar-refractivity contribution >= 4 is 23.5 Å². The summed E-state index contributed by atoms with van der Waals surface area (Å²) < 4.78 is 0. The summed E-state index contributed by atoms with van der Waals surface area (Å²) in [5, 5.41) is 9.84. The summed E-state index contributed by atoms with van der Waals surface area (Å²) in [4.78, 5) is 24.8. The summed E-state index contributed by atoms with van der Waals surface area (Å²) in [5.41, 5.74) is 6.06. The molecule has 2 rings (SSSR count). The molecule has 6 heteroatoms. The van der Waals surface area contributed by atoms with E-state index >= 15 is 0 Å². The molecule has 19 heavy (non-hydrogen) atoms. The largest absolute Gasteiger partial charge is 0.479 e. The van der Waals surface area contributed by atoms with E-state index < -0.39 is 12.0 Å². The van der Waals surface area contributed by atoms with Crippen LogP contribution < -0.4 is 5.73 Å². The zero-order chi connectivity index (χ0) is 14.0. The lowest BCUT2D eigenvalue weighted by atomic mass is 10.1. The van der Waals surface area contributed by atoms with Crippen LogP contribution in [0, 0.1) is 5.92 Å². The molecule has 0 aromatic heterocycles. The van der Waals surface area contributed by atoms with Crippen molar-refractivity contribution in [3.8, 4) is 0 Å². The van der Waals surface area contributed by atoms with Gasteiger partial charge in [0.15, 0.2) is 6.04 Å². The second-order valence-electron chi connectivity index (χ2n) is 4.65. The summed E-state index contributed by atoms with van der Waals surface area (Å²) in [6.45, 7) is 0.753. The van der Waals surface area contributed by atoms with E-state index in [0.29, 0.717) is 30.1 Å². The van der Waals surface area contributed by atoms with Crippen LogP contribution in [0.1, 0.15) is 18.0 Å². The number of benzene rings is 1. The van der Waals surface area contributed by atoms with Gasteiger partial charge >= 0.3 is 5.97 Å². The molecule has 1 fully saturated rings. The Kier molecular flexibility index (Phi) is 4.07. The van der Waals surface area contributed by atoms with E-state index in [2.05, 4.69) is 0 Å². The Morgan fingerprint density at radius 2 is 2.32 bits per heavy atom. The van der Waals surface area contributed by atoms with Crippen LogP contribution in [0.3, 0.4) is 0 Å². The summed E-state index contributed by atoms with van der Waals surface area (Å²) >= 11 is 5.88. The summed E-state index contributed by atoms with van der Waals surface area (Å²) in [6.07, 6.45) is 0.306. The standard InChI is InChI=1S/C13H15ClN2O3/c14-10-3-1-2-9(5-10)12(13(18)19)16-7-8(6-15)4-11(16)17/h1-3,5,8,12H,4,6-7,15H2,(H,18,19). The van der Waals surface area contributed by atoms with E-state index in [1.165, 1.54) is 4.90 Å². The Labute approximate surface area is 116 Å². The first-order chi connectivity index (χ1) is 9.02. The Morgan fingerprint density at radius 1 is 1.58 bits per heavy atom. The number of carbonyl (C=O) groups excluding carboxylic acids is 1.